The van der Waals surface area contributed by atoms with Crippen LogP contribution in [0.4, 0.5) is 5.69 Å². The van der Waals surface area contributed by atoms with Crippen LogP contribution in [0.1, 0.15) is 43.2 Å². The van der Waals surface area contributed by atoms with Gasteiger partial charge >= 0.3 is 0 Å². The number of nitrogens with one attached hydrogen (secondary N) is 1. The lowest BCUT2D eigenvalue weighted by Gasteiger charge is -2.40. The summed E-state index contributed by atoms with van der Waals surface area (Å²) in [7, 11) is 0. The zero-order valence-corrected chi connectivity index (χ0v) is 17.1. The van der Waals surface area contributed by atoms with Gasteiger partial charge in [-0.25, -0.2) is 0 Å². The number of carbonyl (C=O) groups excluding carboxylic acids is 1. The Bertz CT molecular complexity index is 605. The number of halogens is 1. The predicted octanol–water partition coefficient (Wildman–Crippen LogP) is 3.95. The summed E-state index contributed by atoms with van der Waals surface area (Å²) in [5.74, 6) is 0.0979. The van der Waals surface area contributed by atoms with E-state index < -0.39 is 0 Å². The largest absolute Gasteiger partial charge is 0.324 e. The van der Waals surface area contributed by atoms with Crippen LogP contribution in [0.15, 0.2) is 16.6 Å². The van der Waals surface area contributed by atoms with Crippen molar-refractivity contribution in [2.45, 2.75) is 52.0 Å². The van der Waals surface area contributed by atoms with Gasteiger partial charge in [-0.15, -0.1) is 0 Å². The molecular weight excluding hydrogens is 378 g/mol. The normalized spacial score (nSPS) is 20.6. The number of hydrogen-bond donors (Lipinski definition) is 1. The number of nitrogens with zero attached hydrogens (tertiary/aromatic N) is 2. The van der Waals surface area contributed by atoms with E-state index in [1.165, 1.54) is 45.2 Å². The van der Waals surface area contributed by atoms with Gasteiger partial charge in [0.1, 0.15) is 0 Å². The molecule has 0 unspecified atom stereocenters. The Hall–Kier alpha value is -0.910. The average Bonchev–Trinajstić information content (AvgIpc) is 2.63. The lowest BCUT2D eigenvalue weighted by molar-refractivity contribution is -0.117. The SMILES string of the molecule is Cc1ccc(Br)c(C)c1NC(=O)CN1CCC(N2CCCCC2)CC1. The molecule has 4 nitrogen and oxygen atoms in total. The minimum Gasteiger partial charge on any atom is -0.324 e. The van der Waals surface area contributed by atoms with E-state index in [0.29, 0.717) is 6.54 Å². The molecule has 0 bridgehead atoms. The van der Waals surface area contributed by atoms with E-state index >= 15 is 0 Å². The van der Waals surface area contributed by atoms with Crippen molar-refractivity contribution in [2.75, 3.05) is 38.0 Å². The molecule has 138 valence electrons. The molecule has 0 radical (unpaired) electrons. The lowest BCUT2D eigenvalue weighted by Crippen LogP contribution is -2.48. The highest BCUT2D eigenvalue weighted by Crippen LogP contribution is 2.27. The number of rotatable bonds is 4. The molecule has 1 amide bonds. The zero-order valence-electron chi connectivity index (χ0n) is 15.5. The third-order valence-electron chi connectivity index (χ3n) is 5.70. The molecule has 2 aliphatic rings. The average molecular weight is 408 g/mol. The summed E-state index contributed by atoms with van der Waals surface area (Å²) >= 11 is 3.55. The molecule has 2 aliphatic heterocycles. The maximum Gasteiger partial charge on any atom is 0.238 e. The summed E-state index contributed by atoms with van der Waals surface area (Å²) in [6.07, 6.45) is 6.50. The zero-order chi connectivity index (χ0) is 17.8. The Morgan fingerprint density at radius 3 is 2.48 bits per heavy atom. The van der Waals surface area contributed by atoms with Crippen LogP contribution in [0.5, 0.6) is 0 Å². The van der Waals surface area contributed by atoms with E-state index in [-0.39, 0.29) is 5.91 Å². The van der Waals surface area contributed by atoms with Crippen molar-refractivity contribution in [2.24, 2.45) is 0 Å². The predicted molar refractivity (Wildman–Crippen MR) is 107 cm³/mol. The molecular formula is C20H30BrN3O. The minimum atomic E-state index is 0.0979. The molecule has 0 aliphatic carbocycles. The number of aryl methyl sites for hydroxylation is 1. The second-order valence-corrected chi connectivity index (χ2v) is 8.37. The summed E-state index contributed by atoms with van der Waals surface area (Å²) < 4.78 is 1.04. The number of likely N-dealkylation sites (tertiary alicyclic amines) is 2. The highest BCUT2D eigenvalue weighted by Gasteiger charge is 2.26. The van der Waals surface area contributed by atoms with Crippen LogP contribution >= 0.6 is 15.9 Å². The fourth-order valence-corrected chi connectivity index (χ4v) is 4.45. The Labute approximate surface area is 160 Å². The number of carbonyl (C=O) groups is 1. The van der Waals surface area contributed by atoms with E-state index in [0.717, 1.165) is 40.4 Å². The molecule has 1 N–H and O–H groups in total. The summed E-state index contributed by atoms with van der Waals surface area (Å²) in [5.41, 5.74) is 3.15. The molecule has 2 fully saturated rings. The van der Waals surface area contributed by atoms with Gasteiger partial charge in [0.2, 0.25) is 5.91 Å². The van der Waals surface area contributed by atoms with Crippen molar-refractivity contribution >= 4 is 27.5 Å². The summed E-state index contributed by atoms with van der Waals surface area (Å²) in [6.45, 7) is 9.18. The van der Waals surface area contributed by atoms with Gasteiger partial charge in [0.05, 0.1) is 6.54 Å². The van der Waals surface area contributed by atoms with Crippen LogP contribution < -0.4 is 5.32 Å². The summed E-state index contributed by atoms with van der Waals surface area (Å²) in [5, 5.41) is 3.12. The lowest BCUT2D eigenvalue weighted by atomic mass is 10.00. The Morgan fingerprint density at radius 2 is 1.80 bits per heavy atom. The minimum absolute atomic E-state index is 0.0979. The number of benzene rings is 1. The van der Waals surface area contributed by atoms with Crippen molar-refractivity contribution in [3.05, 3.63) is 27.7 Å². The van der Waals surface area contributed by atoms with Crippen molar-refractivity contribution < 1.29 is 4.79 Å². The second-order valence-electron chi connectivity index (χ2n) is 7.52. The second kappa shape index (κ2) is 8.65. The topological polar surface area (TPSA) is 35.6 Å². The number of anilines is 1. The summed E-state index contributed by atoms with van der Waals surface area (Å²) in [6, 6.07) is 4.80. The first-order valence-electron chi connectivity index (χ1n) is 9.56. The van der Waals surface area contributed by atoms with E-state index in [9.17, 15) is 4.79 Å². The van der Waals surface area contributed by atoms with Crippen molar-refractivity contribution in [3.63, 3.8) is 0 Å². The first-order chi connectivity index (χ1) is 12.0. The maximum absolute atomic E-state index is 12.5. The van der Waals surface area contributed by atoms with Crippen LogP contribution in [-0.2, 0) is 4.79 Å². The first kappa shape index (κ1) is 18.9. The Morgan fingerprint density at radius 1 is 1.12 bits per heavy atom. The summed E-state index contributed by atoms with van der Waals surface area (Å²) in [4.78, 5) is 17.5. The van der Waals surface area contributed by atoms with Crippen LogP contribution in [-0.4, -0.2) is 54.5 Å². The van der Waals surface area contributed by atoms with Gasteiger partial charge in [0.15, 0.2) is 0 Å². The van der Waals surface area contributed by atoms with Gasteiger partial charge in [0, 0.05) is 29.3 Å². The van der Waals surface area contributed by atoms with Gasteiger partial charge in [-0.1, -0.05) is 28.4 Å². The Kier molecular flexibility index (Phi) is 6.53. The van der Waals surface area contributed by atoms with E-state index in [2.05, 4.69) is 31.0 Å². The maximum atomic E-state index is 12.5. The standard InChI is InChI=1S/C20H30BrN3O/c1-15-6-7-18(21)16(2)20(15)22-19(25)14-23-12-8-17(9-13-23)24-10-4-3-5-11-24/h6-7,17H,3-5,8-14H2,1-2H3,(H,22,25). The van der Waals surface area contributed by atoms with Gasteiger partial charge in [-0.2, -0.15) is 0 Å². The molecule has 1 aromatic rings. The molecule has 3 rings (SSSR count). The monoisotopic (exact) mass is 407 g/mol. The highest BCUT2D eigenvalue weighted by atomic mass is 79.9. The van der Waals surface area contributed by atoms with Crippen molar-refractivity contribution in [3.8, 4) is 0 Å². The van der Waals surface area contributed by atoms with Gasteiger partial charge in [-0.3, -0.25) is 9.69 Å². The molecule has 2 heterocycles. The molecule has 2 saturated heterocycles. The highest BCUT2D eigenvalue weighted by molar-refractivity contribution is 9.10. The fourth-order valence-electron chi connectivity index (χ4n) is 4.12. The van der Waals surface area contributed by atoms with Gasteiger partial charge < -0.3 is 10.2 Å². The molecule has 0 spiro atoms. The van der Waals surface area contributed by atoms with Crippen LogP contribution in [0, 0.1) is 13.8 Å². The molecule has 5 heteroatoms. The molecule has 0 saturated carbocycles. The Balaban J connectivity index is 1.49. The van der Waals surface area contributed by atoms with Crippen LogP contribution in [0.3, 0.4) is 0 Å². The van der Waals surface area contributed by atoms with E-state index in [4.69, 9.17) is 0 Å². The molecule has 25 heavy (non-hydrogen) atoms. The number of piperidine rings is 2. The van der Waals surface area contributed by atoms with Crippen molar-refractivity contribution in [1.82, 2.24) is 9.80 Å². The third kappa shape index (κ3) is 4.83. The quantitative estimate of drug-likeness (QED) is 0.820. The van der Waals surface area contributed by atoms with E-state index in [1.54, 1.807) is 0 Å². The van der Waals surface area contributed by atoms with E-state index in [1.807, 2.05) is 26.0 Å². The van der Waals surface area contributed by atoms with Crippen LogP contribution in [0.25, 0.3) is 0 Å². The third-order valence-corrected chi connectivity index (χ3v) is 6.56. The number of amides is 1. The number of hydrogen-bond acceptors (Lipinski definition) is 3. The van der Waals surface area contributed by atoms with Crippen molar-refractivity contribution in [1.29, 1.82) is 0 Å². The van der Waals surface area contributed by atoms with Crippen LogP contribution in [0.2, 0.25) is 0 Å². The van der Waals surface area contributed by atoms with Gasteiger partial charge in [0.25, 0.3) is 0 Å². The van der Waals surface area contributed by atoms with Gasteiger partial charge in [-0.05, 0) is 69.8 Å². The smallest absolute Gasteiger partial charge is 0.238 e. The molecule has 0 atom stereocenters. The molecule has 1 aromatic carbocycles. The molecule has 0 aromatic heterocycles. The first-order valence-corrected chi connectivity index (χ1v) is 10.4. The fraction of sp³-hybridized carbons (Fsp3) is 0.650.